The number of urea groups is 1. The van der Waals surface area contributed by atoms with Crippen LogP contribution >= 0.6 is 0 Å². The van der Waals surface area contributed by atoms with E-state index in [1.54, 1.807) is 7.11 Å². The summed E-state index contributed by atoms with van der Waals surface area (Å²) in [5.74, 6) is 0.723. The third-order valence-corrected chi connectivity index (χ3v) is 4.83. The van der Waals surface area contributed by atoms with Gasteiger partial charge in [-0.1, -0.05) is 12.1 Å². The molecule has 0 radical (unpaired) electrons. The molecule has 24 heavy (non-hydrogen) atoms. The number of benzene rings is 1. The molecule has 3 rings (SSSR count). The van der Waals surface area contributed by atoms with Crippen molar-refractivity contribution in [3.63, 3.8) is 0 Å². The molecule has 2 N–H and O–H groups in total. The van der Waals surface area contributed by atoms with Crippen LogP contribution in [0.2, 0.25) is 0 Å². The lowest BCUT2D eigenvalue weighted by Gasteiger charge is -2.27. The maximum atomic E-state index is 12.7. The van der Waals surface area contributed by atoms with Crippen molar-refractivity contribution < 1.29 is 14.3 Å². The lowest BCUT2D eigenvalue weighted by molar-refractivity contribution is -0.122. The number of nitrogens with zero attached hydrogens (tertiary/aromatic N) is 1. The minimum atomic E-state index is -0.424. The standard InChI is InChI=1S/C18H25N3O3/c1-24-14-7-4-6-13(12-14)16-9-5-11-21(16)18(23)20-15-8-2-3-10-19-17(15)22/h4,6-7,12,15-16H,2-3,5,8-11H2,1H3,(H,19,22)(H,20,23). The van der Waals surface area contributed by atoms with E-state index in [0.717, 1.165) is 37.0 Å². The fourth-order valence-corrected chi connectivity index (χ4v) is 3.51. The molecule has 0 saturated carbocycles. The van der Waals surface area contributed by atoms with E-state index in [-0.39, 0.29) is 18.0 Å². The van der Waals surface area contributed by atoms with E-state index in [9.17, 15) is 9.59 Å². The van der Waals surface area contributed by atoms with Crippen LogP contribution < -0.4 is 15.4 Å². The molecule has 2 aliphatic heterocycles. The maximum absolute atomic E-state index is 12.7. The van der Waals surface area contributed by atoms with Gasteiger partial charge in [-0.3, -0.25) is 4.79 Å². The molecule has 0 bridgehead atoms. The summed E-state index contributed by atoms with van der Waals surface area (Å²) in [6, 6.07) is 7.31. The van der Waals surface area contributed by atoms with Gasteiger partial charge in [0.15, 0.2) is 0 Å². The number of carbonyl (C=O) groups excluding carboxylic acids is 2. The number of ether oxygens (including phenoxy) is 1. The number of nitrogens with one attached hydrogen (secondary N) is 2. The van der Waals surface area contributed by atoms with Gasteiger partial charge < -0.3 is 20.3 Å². The van der Waals surface area contributed by atoms with Crippen molar-refractivity contribution in [2.75, 3.05) is 20.2 Å². The first kappa shape index (κ1) is 16.6. The molecule has 0 aliphatic carbocycles. The second-order valence-corrected chi connectivity index (χ2v) is 6.42. The second kappa shape index (κ2) is 7.55. The summed E-state index contributed by atoms with van der Waals surface area (Å²) in [5.41, 5.74) is 1.08. The largest absolute Gasteiger partial charge is 0.497 e. The van der Waals surface area contributed by atoms with Crippen molar-refractivity contribution in [3.05, 3.63) is 29.8 Å². The first-order valence-corrected chi connectivity index (χ1v) is 8.68. The van der Waals surface area contributed by atoms with E-state index < -0.39 is 6.04 Å². The van der Waals surface area contributed by atoms with Gasteiger partial charge in [0.1, 0.15) is 11.8 Å². The Morgan fingerprint density at radius 2 is 2.17 bits per heavy atom. The highest BCUT2D eigenvalue weighted by Gasteiger charge is 2.32. The summed E-state index contributed by atoms with van der Waals surface area (Å²) < 4.78 is 5.29. The highest BCUT2D eigenvalue weighted by atomic mass is 16.5. The molecular weight excluding hydrogens is 306 g/mol. The van der Waals surface area contributed by atoms with Crippen molar-refractivity contribution in [2.24, 2.45) is 0 Å². The monoisotopic (exact) mass is 331 g/mol. The average Bonchev–Trinajstić information content (AvgIpc) is 3.01. The smallest absolute Gasteiger partial charge is 0.318 e. The molecule has 2 aliphatic rings. The Bertz CT molecular complexity index is 605. The van der Waals surface area contributed by atoms with Crippen LogP contribution in [-0.4, -0.2) is 43.1 Å². The molecule has 2 heterocycles. The average molecular weight is 331 g/mol. The summed E-state index contributed by atoms with van der Waals surface area (Å²) in [6.45, 7) is 1.41. The molecule has 3 amide bonds. The fourth-order valence-electron chi connectivity index (χ4n) is 3.51. The van der Waals surface area contributed by atoms with E-state index in [2.05, 4.69) is 10.6 Å². The van der Waals surface area contributed by atoms with Gasteiger partial charge in [-0.25, -0.2) is 4.79 Å². The Labute approximate surface area is 142 Å². The first-order chi connectivity index (χ1) is 11.7. The molecule has 0 aromatic heterocycles. The van der Waals surface area contributed by atoms with Gasteiger partial charge in [0.2, 0.25) is 5.91 Å². The maximum Gasteiger partial charge on any atom is 0.318 e. The topological polar surface area (TPSA) is 70.7 Å². The zero-order valence-electron chi connectivity index (χ0n) is 14.1. The Hall–Kier alpha value is -2.24. The molecule has 2 unspecified atom stereocenters. The number of methoxy groups -OCH3 is 1. The van der Waals surface area contributed by atoms with Gasteiger partial charge in [0.05, 0.1) is 13.2 Å². The van der Waals surface area contributed by atoms with Gasteiger partial charge in [-0.2, -0.15) is 0 Å². The molecule has 2 atom stereocenters. The molecule has 1 aromatic rings. The van der Waals surface area contributed by atoms with E-state index in [4.69, 9.17) is 4.74 Å². The van der Waals surface area contributed by atoms with Crippen LogP contribution in [0.25, 0.3) is 0 Å². The van der Waals surface area contributed by atoms with Crippen molar-refractivity contribution >= 4 is 11.9 Å². The van der Waals surface area contributed by atoms with Gasteiger partial charge in [0.25, 0.3) is 0 Å². The van der Waals surface area contributed by atoms with E-state index in [1.807, 2.05) is 29.2 Å². The Balaban J connectivity index is 1.70. The van der Waals surface area contributed by atoms with E-state index in [0.29, 0.717) is 19.5 Å². The predicted octanol–water partition coefficient (Wildman–Crippen LogP) is 2.21. The highest BCUT2D eigenvalue weighted by Crippen LogP contribution is 2.33. The van der Waals surface area contributed by atoms with Crippen LogP contribution in [0.5, 0.6) is 5.75 Å². The SMILES string of the molecule is COc1cccc(C2CCCN2C(=O)NC2CCCCNC2=O)c1. The van der Waals surface area contributed by atoms with Crippen molar-refractivity contribution in [1.82, 2.24) is 15.5 Å². The van der Waals surface area contributed by atoms with E-state index >= 15 is 0 Å². The molecule has 130 valence electrons. The zero-order valence-corrected chi connectivity index (χ0v) is 14.1. The number of amides is 3. The molecule has 2 saturated heterocycles. The van der Waals surface area contributed by atoms with Crippen LogP contribution in [0, 0.1) is 0 Å². The summed E-state index contributed by atoms with van der Waals surface area (Å²) in [5, 5.41) is 5.78. The van der Waals surface area contributed by atoms with Gasteiger partial charge >= 0.3 is 6.03 Å². The van der Waals surface area contributed by atoms with Crippen LogP contribution in [0.15, 0.2) is 24.3 Å². The number of rotatable bonds is 3. The van der Waals surface area contributed by atoms with Crippen LogP contribution in [-0.2, 0) is 4.79 Å². The predicted molar refractivity (Wildman–Crippen MR) is 90.9 cm³/mol. The molecular formula is C18H25N3O3. The Morgan fingerprint density at radius 1 is 1.29 bits per heavy atom. The number of hydrogen-bond acceptors (Lipinski definition) is 3. The first-order valence-electron chi connectivity index (χ1n) is 8.68. The van der Waals surface area contributed by atoms with Crippen molar-refractivity contribution in [3.8, 4) is 5.75 Å². The Morgan fingerprint density at radius 3 is 3.00 bits per heavy atom. The minimum Gasteiger partial charge on any atom is -0.497 e. The third-order valence-electron chi connectivity index (χ3n) is 4.83. The summed E-state index contributed by atoms with van der Waals surface area (Å²) in [4.78, 5) is 26.6. The molecule has 1 aromatic carbocycles. The zero-order chi connectivity index (χ0) is 16.9. The molecule has 6 heteroatoms. The summed E-state index contributed by atoms with van der Waals surface area (Å²) >= 11 is 0. The van der Waals surface area contributed by atoms with E-state index in [1.165, 1.54) is 0 Å². The van der Waals surface area contributed by atoms with Gasteiger partial charge in [-0.15, -0.1) is 0 Å². The highest BCUT2D eigenvalue weighted by molar-refractivity contribution is 5.87. The summed E-state index contributed by atoms with van der Waals surface area (Å²) in [7, 11) is 1.64. The molecule has 2 fully saturated rings. The fraction of sp³-hybridized carbons (Fsp3) is 0.556. The Kier molecular flexibility index (Phi) is 5.23. The van der Waals surface area contributed by atoms with Crippen LogP contribution in [0.3, 0.4) is 0 Å². The van der Waals surface area contributed by atoms with Gasteiger partial charge in [-0.05, 0) is 49.8 Å². The second-order valence-electron chi connectivity index (χ2n) is 6.42. The normalized spacial score (nSPS) is 24.2. The number of likely N-dealkylation sites (tertiary alicyclic amines) is 1. The third kappa shape index (κ3) is 3.63. The lowest BCUT2D eigenvalue weighted by atomic mass is 10.0. The number of carbonyl (C=O) groups is 2. The van der Waals surface area contributed by atoms with Crippen molar-refractivity contribution in [2.45, 2.75) is 44.2 Å². The minimum absolute atomic E-state index is 0.0361. The quantitative estimate of drug-likeness (QED) is 0.892. The molecule has 6 nitrogen and oxygen atoms in total. The van der Waals surface area contributed by atoms with Crippen LogP contribution in [0.4, 0.5) is 4.79 Å². The number of hydrogen-bond donors (Lipinski definition) is 2. The van der Waals surface area contributed by atoms with Crippen LogP contribution in [0.1, 0.15) is 43.7 Å². The summed E-state index contributed by atoms with van der Waals surface area (Å²) in [6.07, 6.45) is 4.51. The van der Waals surface area contributed by atoms with Crippen molar-refractivity contribution in [1.29, 1.82) is 0 Å². The van der Waals surface area contributed by atoms with Gasteiger partial charge in [0, 0.05) is 13.1 Å². The lowest BCUT2D eigenvalue weighted by Crippen LogP contribution is -2.50. The molecule has 0 spiro atoms.